The zero-order valence-corrected chi connectivity index (χ0v) is 8.12. The van der Waals surface area contributed by atoms with Gasteiger partial charge in [0.2, 0.25) is 0 Å². The average Bonchev–Trinajstić information content (AvgIpc) is 2.24. The smallest absolute Gasteiger partial charge is 0.0622 e. The predicted octanol–water partition coefficient (Wildman–Crippen LogP) is 1.65. The van der Waals surface area contributed by atoms with Crippen molar-refractivity contribution in [2.24, 2.45) is 0 Å². The Bertz CT molecular complexity index is 144. The molecule has 0 aromatic heterocycles. The lowest BCUT2D eigenvalue weighted by Gasteiger charge is -2.30. The maximum atomic E-state index is 5.57. The molecule has 0 saturated carbocycles. The molecule has 12 heavy (non-hydrogen) atoms. The van der Waals surface area contributed by atoms with E-state index in [0.29, 0.717) is 6.04 Å². The summed E-state index contributed by atoms with van der Waals surface area (Å²) in [4.78, 5) is 2.66. The lowest BCUT2D eigenvalue weighted by atomic mass is 10.1. The van der Waals surface area contributed by atoms with Gasteiger partial charge in [0.1, 0.15) is 0 Å². The first-order valence-electron chi connectivity index (χ1n) is 5.14. The Morgan fingerprint density at radius 3 is 2.67 bits per heavy atom. The fourth-order valence-corrected chi connectivity index (χ4v) is 2.73. The van der Waals surface area contributed by atoms with E-state index in [4.69, 9.17) is 4.74 Å². The van der Waals surface area contributed by atoms with Crippen molar-refractivity contribution in [1.82, 2.24) is 4.90 Å². The lowest BCUT2D eigenvalue weighted by Crippen LogP contribution is -2.41. The Kier molecular flexibility index (Phi) is 2.37. The van der Waals surface area contributed by atoms with Crippen LogP contribution >= 0.6 is 0 Å². The third kappa shape index (κ3) is 1.38. The van der Waals surface area contributed by atoms with Gasteiger partial charge in [-0.05, 0) is 33.1 Å². The Hall–Kier alpha value is -0.0800. The van der Waals surface area contributed by atoms with Crippen LogP contribution in [0.1, 0.15) is 33.1 Å². The van der Waals surface area contributed by atoms with Crippen molar-refractivity contribution in [2.75, 3.05) is 13.2 Å². The number of hydrogen-bond donors (Lipinski definition) is 0. The molecular formula is C10H19NO. The monoisotopic (exact) mass is 169 g/mol. The van der Waals surface area contributed by atoms with Gasteiger partial charge in [-0.3, -0.25) is 4.90 Å². The van der Waals surface area contributed by atoms with Crippen molar-refractivity contribution < 1.29 is 4.74 Å². The van der Waals surface area contributed by atoms with Crippen LogP contribution in [-0.4, -0.2) is 36.2 Å². The first-order chi connectivity index (χ1) is 5.79. The highest BCUT2D eigenvalue weighted by molar-refractivity contribution is 4.90. The Balaban J connectivity index is 2.09. The first-order valence-corrected chi connectivity index (χ1v) is 5.14. The van der Waals surface area contributed by atoms with Gasteiger partial charge in [0, 0.05) is 24.7 Å². The molecule has 0 amide bonds. The van der Waals surface area contributed by atoms with Gasteiger partial charge < -0.3 is 4.74 Å². The topological polar surface area (TPSA) is 12.5 Å². The van der Waals surface area contributed by atoms with Gasteiger partial charge in [-0.25, -0.2) is 0 Å². The highest BCUT2D eigenvalue weighted by Gasteiger charge is 2.36. The minimum absolute atomic E-state index is 0.698. The van der Waals surface area contributed by atoms with Gasteiger partial charge in [-0.15, -0.1) is 0 Å². The predicted molar refractivity (Wildman–Crippen MR) is 49.2 cm³/mol. The summed E-state index contributed by atoms with van der Waals surface area (Å²) < 4.78 is 5.57. The van der Waals surface area contributed by atoms with E-state index in [-0.39, 0.29) is 0 Å². The number of rotatable bonds is 1. The maximum Gasteiger partial charge on any atom is 0.0622 e. The van der Waals surface area contributed by atoms with Crippen molar-refractivity contribution in [1.29, 1.82) is 0 Å². The third-order valence-electron chi connectivity index (χ3n) is 3.18. The summed E-state index contributed by atoms with van der Waals surface area (Å²) in [5.74, 6) is 0. The van der Waals surface area contributed by atoms with E-state index < -0.39 is 0 Å². The molecule has 2 aliphatic rings. The fourth-order valence-electron chi connectivity index (χ4n) is 2.73. The van der Waals surface area contributed by atoms with Crippen molar-refractivity contribution in [3.05, 3.63) is 0 Å². The summed E-state index contributed by atoms with van der Waals surface area (Å²) >= 11 is 0. The molecule has 2 rings (SSSR count). The molecule has 2 bridgehead atoms. The van der Waals surface area contributed by atoms with Crippen molar-refractivity contribution in [3.8, 4) is 0 Å². The molecule has 2 unspecified atom stereocenters. The summed E-state index contributed by atoms with van der Waals surface area (Å²) in [6.45, 7) is 6.55. The molecule has 2 heteroatoms. The van der Waals surface area contributed by atoms with E-state index in [2.05, 4.69) is 18.7 Å². The first kappa shape index (κ1) is 8.52. The van der Waals surface area contributed by atoms with Gasteiger partial charge >= 0.3 is 0 Å². The lowest BCUT2D eigenvalue weighted by molar-refractivity contribution is 0.0953. The molecule has 2 nitrogen and oxygen atoms in total. The molecule has 0 aromatic rings. The standard InChI is InChI=1S/C10H19NO/c1-8(2)11-9-3-4-10(11)7-12-6-5-9/h8-10H,3-7H2,1-2H3. The van der Waals surface area contributed by atoms with Crippen LogP contribution in [0.3, 0.4) is 0 Å². The fraction of sp³-hybridized carbons (Fsp3) is 1.00. The largest absolute Gasteiger partial charge is 0.380 e. The summed E-state index contributed by atoms with van der Waals surface area (Å²) in [6.07, 6.45) is 3.99. The SMILES string of the molecule is CC(C)N1C2CCOCC1CC2. The molecule has 0 N–H and O–H groups in total. The maximum absolute atomic E-state index is 5.57. The molecule has 2 aliphatic heterocycles. The van der Waals surface area contributed by atoms with Gasteiger partial charge in [-0.2, -0.15) is 0 Å². The van der Waals surface area contributed by atoms with Gasteiger partial charge in [0.15, 0.2) is 0 Å². The van der Waals surface area contributed by atoms with Gasteiger partial charge in [0.05, 0.1) is 6.61 Å². The van der Waals surface area contributed by atoms with Crippen LogP contribution in [0.4, 0.5) is 0 Å². The molecule has 0 spiro atoms. The molecule has 2 saturated heterocycles. The van der Waals surface area contributed by atoms with Crippen LogP contribution in [0.25, 0.3) is 0 Å². The molecule has 0 radical (unpaired) electrons. The quantitative estimate of drug-likeness (QED) is 0.592. The minimum Gasteiger partial charge on any atom is -0.380 e. The molecule has 0 aliphatic carbocycles. The number of nitrogens with zero attached hydrogens (tertiary/aromatic N) is 1. The third-order valence-corrected chi connectivity index (χ3v) is 3.18. The van der Waals surface area contributed by atoms with E-state index >= 15 is 0 Å². The summed E-state index contributed by atoms with van der Waals surface area (Å²) in [7, 11) is 0. The molecule has 70 valence electrons. The number of ether oxygens (including phenoxy) is 1. The molecule has 2 fully saturated rings. The highest BCUT2D eigenvalue weighted by Crippen LogP contribution is 2.30. The zero-order chi connectivity index (χ0) is 8.55. The van der Waals surface area contributed by atoms with Crippen molar-refractivity contribution in [3.63, 3.8) is 0 Å². The average molecular weight is 169 g/mol. The second-order valence-corrected chi connectivity index (χ2v) is 4.29. The van der Waals surface area contributed by atoms with E-state index in [9.17, 15) is 0 Å². The van der Waals surface area contributed by atoms with E-state index in [1.54, 1.807) is 0 Å². The number of fused-ring (bicyclic) bond motifs is 2. The van der Waals surface area contributed by atoms with Crippen LogP contribution in [-0.2, 0) is 4.74 Å². The van der Waals surface area contributed by atoms with Crippen LogP contribution in [0, 0.1) is 0 Å². The van der Waals surface area contributed by atoms with Gasteiger partial charge in [-0.1, -0.05) is 0 Å². The van der Waals surface area contributed by atoms with Crippen LogP contribution in [0.15, 0.2) is 0 Å². The number of hydrogen-bond acceptors (Lipinski definition) is 2. The summed E-state index contributed by atoms with van der Waals surface area (Å²) in [5, 5.41) is 0. The normalized spacial score (nSPS) is 37.2. The Labute approximate surface area is 74.9 Å². The minimum atomic E-state index is 0.698. The van der Waals surface area contributed by atoms with E-state index in [0.717, 1.165) is 25.3 Å². The second kappa shape index (κ2) is 3.35. The Morgan fingerprint density at radius 1 is 1.17 bits per heavy atom. The van der Waals surface area contributed by atoms with Gasteiger partial charge in [0.25, 0.3) is 0 Å². The highest BCUT2D eigenvalue weighted by atomic mass is 16.5. The zero-order valence-electron chi connectivity index (χ0n) is 8.12. The van der Waals surface area contributed by atoms with E-state index in [1.807, 2.05) is 0 Å². The molecule has 2 atom stereocenters. The summed E-state index contributed by atoms with van der Waals surface area (Å²) in [6, 6.07) is 2.24. The second-order valence-electron chi connectivity index (χ2n) is 4.29. The van der Waals surface area contributed by atoms with Crippen LogP contribution in [0.5, 0.6) is 0 Å². The van der Waals surface area contributed by atoms with E-state index in [1.165, 1.54) is 19.3 Å². The molecule has 2 heterocycles. The molecule has 0 aromatic carbocycles. The van der Waals surface area contributed by atoms with Crippen LogP contribution in [0.2, 0.25) is 0 Å². The Morgan fingerprint density at radius 2 is 1.92 bits per heavy atom. The van der Waals surface area contributed by atoms with Crippen molar-refractivity contribution in [2.45, 2.75) is 51.2 Å². The molecular weight excluding hydrogens is 150 g/mol. The summed E-state index contributed by atoms with van der Waals surface area (Å²) in [5.41, 5.74) is 0. The van der Waals surface area contributed by atoms with Crippen molar-refractivity contribution >= 4 is 0 Å². The van der Waals surface area contributed by atoms with Crippen LogP contribution < -0.4 is 0 Å².